The van der Waals surface area contributed by atoms with E-state index < -0.39 is 18.1 Å². The zero-order valence-electron chi connectivity index (χ0n) is 13.2. The van der Waals surface area contributed by atoms with Crippen LogP contribution in [-0.2, 0) is 0 Å². The van der Waals surface area contributed by atoms with Crippen LogP contribution in [0.4, 0.5) is 18.9 Å². The van der Waals surface area contributed by atoms with Gasteiger partial charge in [0.15, 0.2) is 5.82 Å². The number of alkyl halides is 2. The van der Waals surface area contributed by atoms with Gasteiger partial charge in [0.2, 0.25) is 11.9 Å². The quantitative estimate of drug-likeness (QED) is 0.786. The molecule has 1 fully saturated rings. The highest BCUT2D eigenvalue weighted by molar-refractivity contribution is 9.10. The van der Waals surface area contributed by atoms with Crippen molar-refractivity contribution in [2.75, 3.05) is 4.90 Å². The van der Waals surface area contributed by atoms with Gasteiger partial charge in [-0.05, 0) is 47.7 Å². The number of anilines is 1. The van der Waals surface area contributed by atoms with Gasteiger partial charge in [0, 0.05) is 6.07 Å². The van der Waals surface area contributed by atoms with E-state index in [1.54, 1.807) is 0 Å². The molecule has 1 aliphatic heterocycles. The Balaban J connectivity index is 2.07. The Morgan fingerprint density at radius 2 is 1.88 bits per heavy atom. The molecular formula is C15H17BrF3N5O. The summed E-state index contributed by atoms with van der Waals surface area (Å²) in [6.07, 6.45) is 4.08. The molecule has 1 heterocycles. The van der Waals surface area contributed by atoms with Crippen molar-refractivity contribution < 1.29 is 17.9 Å². The standard InChI is InChI=1S/C15H17BrF3N5O/c16-8-6-10(9(17)7-11(8)25-12(18)19)24-14(21)22-13(20)23-15(24)4-2-1-3-5-15/h6-7,12H,1-5H2,(H4,20,21,22,23). The molecule has 0 unspecified atom stereocenters. The second kappa shape index (κ2) is 6.74. The number of nitrogens with two attached hydrogens (primary N) is 2. The Labute approximate surface area is 150 Å². The van der Waals surface area contributed by atoms with E-state index in [1.807, 2.05) is 0 Å². The molecule has 0 bridgehead atoms. The summed E-state index contributed by atoms with van der Waals surface area (Å²) < 4.78 is 44.0. The van der Waals surface area contributed by atoms with E-state index in [0.717, 1.165) is 25.3 Å². The molecule has 10 heteroatoms. The fourth-order valence-corrected chi connectivity index (χ4v) is 3.77. The van der Waals surface area contributed by atoms with E-state index in [1.165, 1.54) is 11.0 Å². The van der Waals surface area contributed by atoms with Crippen LogP contribution < -0.4 is 21.1 Å². The number of nitrogens with zero attached hydrogens (tertiary/aromatic N) is 3. The smallest absolute Gasteiger partial charge is 0.387 e. The predicted octanol–water partition coefficient (Wildman–Crippen LogP) is 3.30. The minimum atomic E-state index is -3.06. The molecule has 0 aromatic heterocycles. The molecule has 136 valence electrons. The van der Waals surface area contributed by atoms with E-state index >= 15 is 0 Å². The van der Waals surface area contributed by atoms with Crippen molar-refractivity contribution in [3.8, 4) is 5.75 Å². The van der Waals surface area contributed by atoms with Crippen molar-refractivity contribution in [2.24, 2.45) is 21.5 Å². The number of guanidine groups is 2. The van der Waals surface area contributed by atoms with Crippen molar-refractivity contribution in [2.45, 2.75) is 44.4 Å². The lowest BCUT2D eigenvalue weighted by Crippen LogP contribution is -2.58. The van der Waals surface area contributed by atoms with Gasteiger partial charge in [0.25, 0.3) is 0 Å². The SMILES string of the molecule is NC1=NC2(CCCCC2)N(c2cc(Br)c(OC(F)F)cc2F)C(N)=N1. The van der Waals surface area contributed by atoms with Crippen molar-refractivity contribution >= 4 is 33.5 Å². The molecule has 0 radical (unpaired) electrons. The number of aliphatic imine (C=N–C) groups is 2. The monoisotopic (exact) mass is 419 g/mol. The van der Waals surface area contributed by atoms with Gasteiger partial charge in [-0.2, -0.15) is 13.8 Å². The van der Waals surface area contributed by atoms with Crippen molar-refractivity contribution in [3.63, 3.8) is 0 Å². The minimum absolute atomic E-state index is 0.0164. The van der Waals surface area contributed by atoms with Crippen molar-refractivity contribution in [1.82, 2.24) is 0 Å². The Kier molecular flexibility index (Phi) is 4.81. The topological polar surface area (TPSA) is 89.2 Å². The molecule has 6 nitrogen and oxygen atoms in total. The number of hydrogen-bond acceptors (Lipinski definition) is 6. The molecule has 4 N–H and O–H groups in total. The van der Waals surface area contributed by atoms with Gasteiger partial charge in [0.1, 0.15) is 11.4 Å². The van der Waals surface area contributed by atoms with Gasteiger partial charge in [-0.25, -0.2) is 9.38 Å². The lowest BCUT2D eigenvalue weighted by atomic mass is 9.87. The third kappa shape index (κ3) is 3.39. The Morgan fingerprint density at radius 1 is 1.20 bits per heavy atom. The molecular weight excluding hydrogens is 403 g/mol. The average Bonchev–Trinajstić information content (AvgIpc) is 2.51. The Hall–Kier alpha value is -1.97. The van der Waals surface area contributed by atoms with Crippen LogP contribution in [0.5, 0.6) is 5.75 Å². The first-order valence-corrected chi connectivity index (χ1v) is 8.55. The molecule has 1 spiro atoms. The maximum Gasteiger partial charge on any atom is 0.387 e. The highest BCUT2D eigenvalue weighted by atomic mass is 79.9. The third-order valence-corrected chi connectivity index (χ3v) is 4.93. The van der Waals surface area contributed by atoms with Crippen LogP contribution in [0.15, 0.2) is 26.6 Å². The molecule has 25 heavy (non-hydrogen) atoms. The van der Waals surface area contributed by atoms with E-state index in [4.69, 9.17) is 11.5 Å². The zero-order valence-corrected chi connectivity index (χ0v) is 14.8. The van der Waals surface area contributed by atoms with Gasteiger partial charge >= 0.3 is 6.61 Å². The summed E-state index contributed by atoms with van der Waals surface area (Å²) in [5.74, 6) is -1.00. The number of rotatable bonds is 3. The summed E-state index contributed by atoms with van der Waals surface area (Å²) in [7, 11) is 0. The van der Waals surface area contributed by atoms with E-state index in [0.29, 0.717) is 12.8 Å². The third-order valence-electron chi connectivity index (χ3n) is 4.31. The van der Waals surface area contributed by atoms with Gasteiger partial charge in [-0.3, -0.25) is 4.90 Å². The first-order valence-electron chi connectivity index (χ1n) is 7.76. The van der Waals surface area contributed by atoms with Crippen LogP contribution in [0.1, 0.15) is 32.1 Å². The van der Waals surface area contributed by atoms with E-state index in [9.17, 15) is 13.2 Å². The predicted molar refractivity (Wildman–Crippen MR) is 92.3 cm³/mol. The van der Waals surface area contributed by atoms with Crippen molar-refractivity contribution in [3.05, 3.63) is 22.4 Å². The summed E-state index contributed by atoms with van der Waals surface area (Å²) in [6.45, 7) is -3.06. The first-order chi connectivity index (χ1) is 11.8. The number of benzene rings is 1. The molecule has 1 aromatic carbocycles. The average molecular weight is 420 g/mol. The second-order valence-corrected chi connectivity index (χ2v) is 6.79. The van der Waals surface area contributed by atoms with Gasteiger partial charge in [-0.15, -0.1) is 0 Å². The first kappa shape index (κ1) is 17.8. The molecule has 1 aromatic rings. The molecule has 1 saturated carbocycles. The van der Waals surface area contributed by atoms with Crippen LogP contribution in [0, 0.1) is 5.82 Å². The summed E-state index contributed by atoms with van der Waals surface area (Å²) in [6, 6.07) is 2.22. The summed E-state index contributed by atoms with van der Waals surface area (Å²) >= 11 is 3.13. The number of hydrogen-bond donors (Lipinski definition) is 2. The fourth-order valence-electron chi connectivity index (χ4n) is 3.35. The van der Waals surface area contributed by atoms with Crippen LogP contribution >= 0.6 is 15.9 Å². The highest BCUT2D eigenvalue weighted by Gasteiger charge is 2.43. The van der Waals surface area contributed by atoms with E-state index in [2.05, 4.69) is 30.7 Å². The lowest BCUT2D eigenvalue weighted by Gasteiger charge is -2.45. The Morgan fingerprint density at radius 3 is 2.52 bits per heavy atom. The minimum Gasteiger partial charge on any atom is -0.434 e. The maximum atomic E-state index is 14.7. The van der Waals surface area contributed by atoms with Crippen LogP contribution in [0.3, 0.4) is 0 Å². The van der Waals surface area contributed by atoms with Gasteiger partial charge in [-0.1, -0.05) is 6.42 Å². The molecule has 0 amide bonds. The van der Waals surface area contributed by atoms with Crippen LogP contribution in [-0.4, -0.2) is 24.2 Å². The maximum absolute atomic E-state index is 14.7. The van der Waals surface area contributed by atoms with Crippen molar-refractivity contribution in [1.29, 1.82) is 0 Å². The summed E-state index contributed by atoms with van der Waals surface area (Å²) in [4.78, 5) is 9.88. The van der Waals surface area contributed by atoms with Gasteiger partial charge in [0.05, 0.1) is 10.2 Å². The molecule has 1 aliphatic carbocycles. The van der Waals surface area contributed by atoms with E-state index in [-0.39, 0.29) is 27.8 Å². The highest BCUT2D eigenvalue weighted by Crippen LogP contribution is 2.42. The largest absolute Gasteiger partial charge is 0.434 e. The normalized spacial score (nSPS) is 19.8. The summed E-state index contributed by atoms with van der Waals surface area (Å²) in [5, 5.41) is 0. The number of ether oxygens (including phenoxy) is 1. The fraction of sp³-hybridized carbons (Fsp3) is 0.467. The molecule has 3 rings (SSSR count). The number of halogens is 4. The zero-order chi connectivity index (χ0) is 18.2. The van der Waals surface area contributed by atoms with Gasteiger partial charge < -0.3 is 16.2 Å². The Bertz CT molecular complexity index is 734. The van der Waals surface area contributed by atoms with Crippen LogP contribution in [0.2, 0.25) is 0 Å². The molecule has 0 atom stereocenters. The summed E-state index contributed by atoms with van der Waals surface area (Å²) in [5.41, 5.74) is 11.1. The van der Waals surface area contributed by atoms with Crippen LogP contribution in [0.25, 0.3) is 0 Å². The lowest BCUT2D eigenvalue weighted by molar-refractivity contribution is -0.0505. The molecule has 0 saturated heterocycles. The molecule has 2 aliphatic rings. The second-order valence-electron chi connectivity index (χ2n) is 5.93.